The van der Waals surface area contributed by atoms with Crippen LogP contribution in [0.2, 0.25) is 0 Å². The zero-order valence-corrected chi connectivity index (χ0v) is 11.3. The van der Waals surface area contributed by atoms with Gasteiger partial charge >= 0.3 is 0 Å². The van der Waals surface area contributed by atoms with E-state index in [1.54, 1.807) is 19.2 Å². The molecule has 0 saturated heterocycles. The van der Waals surface area contributed by atoms with E-state index in [0.29, 0.717) is 12.0 Å². The van der Waals surface area contributed by atoms with Crippen molar-refractivity contribution < 1.29 is 14.7 Å². The predicted molar refractivity (Wildman–Crippen MR) is 70.7 cm³/mol. The van der Waals surface area contributed by atoms with E-state index < -0.39 is 0 Å². The molecule has 0 radical (unpaired) electrons. The molecule has 0 bridgehead atoms. The molecule has 1 aromatic carbocycles. The summed E-state index contributed by atoms with van der Waals surface area (Å²) >= 11 is 0. The zero-order valence-electron chi connectivity index (χ0n) is 11.3. The van der Waals surface area contributed by atoms with Crippen LogP contribution in [0, 0.1) is 0 Å². The molecule has 5 heteroatoms. The second kappa shape index (κ2) is 6.37. The Hall–Kier alpha value is -1.59. The molecule has 0 unspecified atom stereocenters. The van der Waals surface area contributed by atoms with Crippen LogP contribution in [0.25, 0.3) is 0 Å². The first kappa shape index (κ1) is 14.5. The monoisotopic (exact) mass is 252 g/mol. The van der Waals surface area contributed by atoms with E-state index in [1.165, 1.54) is 12.2 Å². The van der Waals surface area contributed by atoms with Gasteiger partial charge in [-0.05, 0) is 30.2 Å². The van der Waals surface area contributed by atoms with Crippen molar-refractivity contribution in [2.75, 3.05) is 39.8 Å². The first-order chi connectivity index (χ1) is 8.51. The van der Waals surface area contributed by atoms with E-state index in [9.17, 15) is 4.79 Å². The molecule has 0 aliphatic carbocycles. The highest BCUT2D eigenvalue weighted by Crippen LogP contribution is 2.21. The number of aliphatic hydroxyl groups is 1. The summed E-state index contributed by atoms with van der Waals surface area (Å²) < 4.78 is 0. The first-order valence-corrected chi connectivity index (χ1v) is 5.74. The van der Waals surface area contributed by atoms with Crippen molar-refractivity contribution in [3.05, 3.63) is 29.3 Å². The highest BCUT2D eigenvalue weighted by molar-refractivity contribution is 5.94. The highest BCUT2D eigenvalue weighted by atomic mass is 16.7. The fourth-order valence-electron chi connectivity index (χ4n) is 1.74. The lowest BCUT2D eigenvalue weighted by Crippen LogP contribution is -2.25. The number of rotatable bonds is 5. The maximum atomic E-state index is 11.9. The van der Waals surface area contributed by atoms with Crippen molar-refractivity contribution in [1.82, 2.24) is 5.06 Å². The molecule has 18 heavy (non-hydrogen) atoms. The minimum absolute atomic E-state index is 0.0542. The molecular weight excluding hydrogens is 232 g/mol. The Morgan fingerprint density at radius 2 is 2.00 bits per heavy atom. The smallest absolute Gasteiger partial charge is 0.277 e. The van der Waals surface area contributed by atoms with E-state index in [1.807, 2.05) is 25.1 Å². The van der Waals surface area contributed by atoms with Crippen molar-refractivity contribution in [2.24, 2.45) is 0 Å². The number of carbonyl (C=O) groups excluding carboxylic acids is 1. The summed E-state index contributed by atoms with van der Waals surface area (Å²) in [5.74, 6) is -0.206. The van der Waals surface area contributed by atoms with E-state index >= 15 is 0 Å². The Bertz CT molecular complexity index is 419. The van der Waals surface area contributed by atoms with Gasteiger partial charge in [0.05, 0.1) is 7.11 Å². The van der Waals surface area contributed by atoms with Gasteiger partial charge in [0.1, 0.15) is 0 Å². The van der Waals surface area contributed by atoms with Crippen molar-refractivity contribution in [3.8, 4) is 0 Å². The second-order valence-corrected chi connectivity index (χ2v) is 4.20. The summed E-state index contributed by atoms with van der Waals surface area (Å²) in [6.07, 6.45) is 0.519. The summed E-state index contributed by atoms with van der Waals surface area (Å²) in [6, 6.07) is 5.43. The lowest BCUT2D eigenvalue weighted by molar-refractivity contribution is -0.0757. The number of nitrogens with zero attached hydrogens (tertiary/aromatic N) is 2. The molecule has 100 valence electrons. The number of carbonyl (C=O) groups is 1. The van der Waals surface area contributed by atoms with Crippen LogP contribution in [-0.4, -0.2) is 50.9 Å². The van der Waals surface area contributed by atoms with Crippen LogP contribution in [0.5, 0.6) is 0 Å². The number of aliphatic hydroxyl groups excluding tert-OH is 1. The molecule has 1 N–H and O–H groups in total. The van der Waals surface area contributed by atoms with Gasteiger partial charge in [0.2, 0.25) is 0 Å². The van der Waals surface area contributed by atoms with Gasteiger partial charge in [-0.15, -0.1) is 0 Å². The largest absolute Gasteiger partial charge is 0.396 e. The van der Waals surface area contributed by atoms with Crippen LogP contribution in [0.15, 0.2) is 18.2 Å². The topological polar surface area (TPSA) is 53.0 Å². The lowest BCUT2D eigenvalue weighted by atomic mass is 10.0. The van der Waals surface area contributed by atoms with E-state index in [0.717, 1.165) is 11.3 Å². The van der Waals surface area contributed by atoms with E-state index in [-0.39, 0.29) is 12.5 Å². The molecule has 0 aliphatic heterocycles. The molecule has 5 nitrogen and oxygen atoms in total. The molecular formula is C13H20N2O3. The summed E-state index contributed by atoms with van der Waals surface area (Å²) in [5.41, 5.74) is 2.49. The zero-order chi connectivity index (χ0) is 13.7. The fraction of sp³-hybridized carbons (Fsp3) is 0.462. The average Bonchev–Trinajstić information content (AvgIpc) is 2.37. The van der Waals surface area contributed by atoms with Crippen molar-refractivity contribution >= 4 is 11.6 Å². The van der Waals surface area contributed by atoms with Gasteiger partial charge < -0.3 is 10.0 Å². The molecule has 1 aromatic rings. The highest BCUT2D eigenvalue weighted by Gasteiger charge is 2.14. The third-order valence-electron chi connectivity index (χ3n) is 2.75. The van der Waals surface area contributed by atoms with Crippen LogP contribution < -0.4 is 4.90 Å². The van der Waals surface area contributed by atoms with Crippen LogP contribution in [-0.2, 0) is 11.3 Å². The van der Waals surface area contributed by atoms with Crippen molar-refractivity contribution in [3.63, 3.8) is 0 Å². The number of anilines is 1. The summed E-state index contributed by atoms with van der Waals surface area (Å²) in [6.45, 7) is 0.0542. The Labute approximate surface area is 108 Å². The number of hydrogen-bond donors (Lipinski definition) is 1. The minimum Gasteiger partial charge on any atom is -0.396 e. The third kappa shape index (κ3) is 3.21. The third-order valence-corrected chi connectivity index (χ3v) is 2.75. The molecule has 0 aliphatic rings. The Morgan fingerprint density at radius 1 is 1.33 bits per heavy atom. The molecule has 0 aromatic heterocycles. The molecule has 0 spiro atoms. The predicted octanol–water partition coefficient (Wildman–Crippen LogP) is 0.921. The molecule has 1 rings (SSSR count). The van der Waals surface area contributed by atoms with E-state index in [4.69, 9.17) is 9.94 Å². The fourth-order valence-corrected chi connectivity index (χ4v) is 1.74. The standard InChI is InChI=1S/C13H20N2O3/c1-14(2)12-6-5-11(9-10(12)7-8-16)13(17)15(3)18-4/h5-6,9,16H,7-8H2,1-4H3. The van der Waals surface area contributed by atoms with Gasteiger partial charge in [-0.2, -0.15) is 0 Å². The average molecular weight is 252 g/mol. The Morgan fingerprint density at radius 3 is 2.50 bits per heavy atom. The Kier molecular flexibility index (Phi) is 5.12. The maximum absolute atomic E-state index is 11.9. The lowest BCUT2D eigenvalue weighted by Gasteiger charge is -2.19. The molecule has 0 heterocycles. The Balaban J connectivity index is 3.10. The van der Waals surface area contributed by atoms with Crippen molar-refractivity contribution in [1.29, 1.82) is 0 Å². The van der Waals surface area contributed by atoms with Crippen LogP contribution >= 0.6 is 0 Å². The molecule has 0 fully saturated rings. The van der Waals surface area contributed by atoms with Gasteiger partial charge in [-0.1, -0.05) is 0 Å². The SMILES string of the molecule is CON(C)C(=O)c1ccc(N(C)C)c(CCO)c1. The van der Waals surface area contributed by atoms with Gasteiger partial charge in [0, 0.05) is 39.0 Å². The molecule has 1 amide bonds. The summed E-state index contributed by atoms with van der Waals surface area (Å²) in [5, 5.41) is 10.2. The van der Waals surface area contributed by atoms with Gasteiger partial charge in [0.25, 0.3) is 5.91 Å². The van der Waals surface area contributed by atoms with Gasteiger partial charge in [0.15, 0.2) is 0 Å². The van der Waals surface area contributed by atoms with Crippen molar-refractivity contribution in [2.45, 2.75) is 6.42 Å². The van der Waals surface area contributed by atoms with Gasteiger partial charge in [-0.25, -0.2) is 5.06 Å². The van der Waals surface area contributed by atoms with E-state index in [2.05, 4.69) is 0 Å². The molecule has 0 saturated carbocycles. The summed E-state index contributed by atoms with van der Waals surface area (Å²) in [4.78, 5) is 18.8. The quantitative estimate of drug-likeness (QED) is 0.792. The van der Waals surface area contributed by atoms with Crippen LogP contribution in [0.1, 0.15) is 15.9 Å². The minimum atomic E-state index is -0.206. The molecule has 0 atom stereocenters. The van der Waals surface area contributed by atoms with Gasteiger partial charge in [-0.3, -0.25) is 9.63 Å². The first-order valence-electron chi connectivity index (χ1n) is 5.74. The number of amides is 1. The number of hydrogen-bond acceptors (Lipinski definition) is 4. The number of hydroxylamine groups is 2. The number of benzene rings is 1. The normalized spacial score (nSPS) is 10.3. The second-order valence-electron chi connectivity index (χ2n) is 4.20. The van der Waals surface area contributed by atoms with Crippen LogP contribution in [0.4, 0.5) is 5.69 Å². The van der Waals surface area contributed by atoms with Crippen LogP contribution in [0.3, 0.4) is 0 Å². The summed E-state index contributed by atoms with van der Waals surface area (Å²) in [7, 11) is 6.87. The maximum Gasteiger partial charge on any atom is 0.277 e.